The number of hydrogen-bond acceptors (Lipinski definition) is 3. The Hall–Kier alpha value is -1.85. The highest BCUT2D eigenvalue weighted by Gasteiger charge is 2.21. The fraction of sp³-hybridized carbons (Fsp3) is 0.278. The molecule has 2 aromatic rings. The first-order chi connectivity index (χ1) is 11.1. The van der Waals surface area contributed by atoms with E-state index in [-0.39, 0.29) is 11.7 Å². The van der Waals surface area contributed by atoms with Gasteiger partial charge in [-0.3, -0.25) is 4.79 Å². The lowest BCUT2D eigenvalue weighted by molar-refractivity contribution is -0.120. The number of carbonyl (C=O) groups is 1. The summed E-state index contributed by atoms with van der Waals surface area (Å²) in [7, 11) is 0. The highest BCUT2D eigenvalue weighted by molar-refractivity contribution is 8.00. The van der Waals surface area contributed by atoms with Crippen LogP contribution in [0.1, 0.15) is 24.2 Å². The summed E-state index contributed by atoms with van der Waals surface area (Å²) in [5, 5.41) is 11.7. The van der Waals surface area contributed by atoms with Gasteiger partial charge in [0.15, 0.2) is 0 Å². The van der Waals surface area contributed by atoms with Crippen molar-refractivity contribution < 1.29 is 14.3 Å². The maximum atomic E-state index is 13.0. The molecule has 3 nitrogen and oxygen atoms in total. The number of hydrogen-bond donors (Lipinski definition) is 2. The van der Waals surface area contributed by atoms with Crippen molar-refractivity contribution in [2.75, 3.05) is 6.54 Å². The minimum absolute atomic E-state index is 0.119. The monoisotopic (exact) mass is 333 g/mol. The fourth-order valence-corrected chi connectivity index (χ4v) is 3.10. The van der Waals surface area contributed by atoms with E-state index in [4.69, 9.17) is 0 Å². The molecular weight excluding hydrogens is 313 g/mol. The third-order valence-corrected chi connectivity index (χ3v) is 4.54. The maximum Gasteiger partial charge on any atom is 0.237 e. The van der Waals surface area contributed by atoms with E-state index in [2.05, 4.69) is 5.32 Å². The molecule has 2 unspecified atom stereocenters. The van der Waals surface area contributed by atoms with Crippen molar-refractivity contribution in [1.29, 1.82) is 0 Å². The van der Waals surface area contributed by atoms with E-state index >= 15 is 0 Å². The quantitative estimate of drug-likeness (QED) is 0.762. The van der Waals surface area contributed by atoms with Gasteiger partial charge in [-0.1, -0.05) is 30.3 Å². The first-order valence-electron chi connectivity index (χ1n) is 7.49. The topological polar surface area (TPSA) is 49.3 Å². The van der Waals surface area contributed by atoms with Gasteiger partial charge >= 0.3 is 0 Å². The van der Waals surface area contributed by atoms with E-state index in [0.29, 0.717) is 13.0 Å². The van der Waals surface area contributed by atoms with Crippen LogP contribution in [0.5, 0.6) is 0 Å². The average Bonchev–Trinajstić information content (AvgIpc) is 2.54. The molecule has 122 valence electrons. The molecule has 5 heteroatoms. The smallest absolute Gasteiger partial charge is 0.237 e. The number of carbonyl (C=O) groups excluding carboxylic acids is 1. The lowest BCUT2D eigenvalue weighted by Crippen LogP contribution is -2.30. The van der Waals surface area contributed by atoms with Crippen molar-refractivity contribution in [2.45, 2.75) is 29.6 Å². The second kappa shape index (κ2) is 8.70. The molecule has 0 fully saturated rings. The van der Waals surface area contributed by atoms with Gasteiger partial charge in [0.05, 0.1) is 6.10 Å². The molecule has 0 radical (unpaired) electrons. The van der Waals surface area contributed by atoms with Crippen molar-refractivity contribution in [1.82, 2.24) is 5.32 Å². The molecule has 0 spiro atoms. The Morgan fingerprint density at radius 2 is 1.83 bits per heavy atom. The normalized spacial score (nSPS) is 13.3. The third-order valence-electron chi connectivity index (χ3n) is 3.27. The average molecular weight is 333 g/mol. The second-order valence-electron chi connectivity index (χ2n) is 5.29. The molecule has 0 aliphatic heterocycles. The van der Waals surface area contributed by atoms with E-state index in [1.54, 1.807) is 19.1 Å². The Morgan fingerprint density at radius 3 is 2.43 bits per heavy atom. The molecule has 0 aliphatic rings. The van der Waals surface area contributed by atoms with Crippen LogP contribution in [0.4, 0.5) is 4.39 Å². The predicted octanol–water partition coefficient (Wildman–Crippen LogP) is 3.55. The first-order valence-corrected chi connectivity index (χ1v) is 8.37. The number of benzene rings is 2. The largest absolute Gasteiger partial charge is 0.393 e. The van der Waals surface area contributed by atoms with Crippen molar-refractivity contribution in [3.8, 4) is 0 Å². The zero-order valence-corrected chi connectivity index (χ0v) is 13.7. The minimum Gasteiger partial charge on any atom is -0.393 e. The Morgan fingerprint density at radius 1 is 1.17 bits per heavy atom. The number of halogens is 1. The highest BCUT2D eigenvalue weighted by atomic mass is 32.2. The van der Waals surface area contributed by atoms with Crippen LogP contribution in [-0.2, 0) is 4.79 Å². The minimum atomic E-state index is -0.449. The summed E-state index contributed by atoms with van der Waals surface area (Å²) in [6, 6.07) is 15.6. The third kappa shape index (κ3) is 5.69. The van der Waals surface area contributed by atoms with Crippen molar-refractivity contribution in [3.63, 3.8) is 0 Å². The summed E-state index contributed by atoms with van der Waals surface area (Å²) in [5.41, 5.74) is 0.886. The van der Waals surface area contributed by atoms with Crippen molar-refractivity contribution in [2.24, 2.45) is 0 Å². The molecule has 23 heavy (non-hydrogen) atoms. The predicted molar refractivity (Wildman–Crippen MR) is 90.7 cm³/mol. The SMILES string of the molecule is CC(O)CCNC(=O)C(Sc1ccc(F)cc1)c1ccccc1. The highest BCUT2D eigenvalue weighted by Crippen LogP contribution is 2.35. The van der Waals surface area contributed by atoms with Gasteiger partial charge < -0.3 is 10.4 Å². The molecule has 2 aromatic carbocycles. The lowest BCUT2D eigenvalue weighted by Gasteiger charge is -2.17. The zero-order valence-electron chi connectivity index (χ0n) is 12.9. The standard InChI is InChI=1S/C18H20FNO2S/c1-13(21)11-12-20-18(22)17(14-5-3-2-4-6-14)23-16-9-7-15(19)8-10-16/h2-10,13,17,21H,11-12H2,1H3,(H,20,22). The van der Waals surface area contributed by atoms with E-state index < -0.39 is 11.4 Å². The van der Waals surface area contributed by atoms with Crippen molar-refractivity contribution >= 4 is 17.7 Å². The molecule has 0 heterocycles. The number of nitrogens with one attached hydrogen (secondary N) is 1. The van der Waals surface area contributed by atoms with E-state index in [9.17, 15) is 14.3 Å². The Kier molecular flexibility index (Phi) is 6.62. The van der Waals surface area contributed by atoms with Crippen LogP contribution in [0.15, 0.2) is 59.5 Å². The molecule has 2 N–H and O–H groups in total. The number of aliphatic hydroxyl groups is 1. The molecule has 0 aromatic heterocycles. The van der Waals surface area contributed by atoms with Crippen LogP contribution in [-0.4, -0.2) is 23.7 Å². The van der Waals surface area contributed by atoms with Gasteiger partial charge in [-0.15, -0.1) is 11.8 Å². The maximum absolute atomic E-state index is 13.0. The van der Waals surface area contributed by atoms with Gasteiger partial charge in [-0.05, 0) is 43.2 Å². The molecule has 0 aliphatic carbocycles. The fourth-order valence-electron chi connectivity index (χ4n) is 2.05. The van der Waals surface area contributed by atoms with Gasteiger partial charge in [0.2, 0.25) is 5.91 Å². The number of rotatable bonds is 7. The van der Waals surface area contributed by atoms with E-state index in [1.165, 1.54) is 23.9 Å². The summed E-state index contributed by atoms with van der Waals surface area (Å²) in [5.74, 6) is -0.418. The molecule has 1 amide bonds. The summed E-state index contributed by atoms with van der Waals surface area (Å²) in [6.07, 6.45) is 0.0595. The summed E-state index contributed by atoms with van der Waals surface area (Å²) in [6.45, 7) is 2.11. The molecule has 0 bridgehead atoms. The van der Waals surface area contributed by atoms with Crippen LogP contribution in [0, 0.1) is 5.82 Å². The first kappa shape index (κ1) is 17.5. The number of thioether (sulfide) groups is 1. The number of amides is 1. The van der Waals surface area contributed by atoms with Gasteiger partial charge in [-0.25, -0.2) is 4.39 Å². The molecular formula is C18H20FNO2S. The molecule has 2 rings (SSSR count). The Bertz CT molecular complexity index is 617. The van der Waals surface area contributed by atoms with Gasteiger partial charge in [0, 0.05) is 11.4 Å². The van der Waals surface area contributed by atoms with Gasteiger partial charge in [0.25, 0.3) is 0 Å². The molecule has 2 atom stereocenters. The Balaban J connectivity index is 2.11. The van der Waals surface area contributed by atoms with Crippen LogP contribution in [0.3, 0.4) is 0 Å². The summed E-state index contributed by atoms with van der Waals surface area (Å²) >= 11 is 1.38. The second-order valence-corrected chi connectivity index (χ2v) is 6.47. The van der Waals surface area contributed by atoms with Gasteiger partial charge in [0.1, 0.15) is 11.1 Å². The summed E-state index contributed by atoms with van der Waals surface area (Å²) in [4.78, 5) is 13.3. The zero-order chi connectivity index (χ0) is 16.7. The van der Waals surface area contributed by atoms with E-state index in [1.807, 2.05) is 30.3 Å². The van der Waals surface area contributed by atoms with Crippen LogP contribution in [0.25, 0.3) is 0 Å². The summed E-state index contributed by atoms with van der Waals surface area (Å²) < 4.78 is 13.0. The van der Waals surface area contributed by atoms with Crippen LogP contribution >= 0.6 is 11.8 Å². The van der Waals surface area contributed by atoms with Gasteiger partial charge in [-0.2, -0.15) is 0 Å². The van der Waals surface area contributed by atoms with E-state index in [0.717, 1.165) is 10.5 Å². The molecule has 0 saturated carbocycles. The van der Waals surface area contributed by atoms with Crippen LogP contribution < -0.4 is 5.32 Å². The Labute approximate surface area is 139 Å². The molecule has 0 saturated heterocycles. The van der Waals surface area contributed by atoms with Crippen molar-refractivity contribution in [3.05, 3.63) is 66.0 Å². The lowest BCUT2D eigenvalue weighted by atomic mass is 10.1. The number of aliphatic hydroxyl groups excluding tert-OH is 1. The van der Waals surface area contributed by atoms with Crippen LogP contribution in [0.2, 0.25) is 0 Å².